The number of H-pyrrole nitrogens is 1. The molecule has 0 bridgehead atoms. The fourth-order valence-corrected chi connectivity index (χ4v) is 3.50. The van der Waals surface area contributed by atoms with Crippen molar-refractivity contribution < 1.29 is 0 Å². The summed E-state index contributed by atoms with van der Waals surface area (Å²) in [5.74, 6) is 0. The van der Waals surface area contributed by atoms with E-state index in [0.29, 0.717) is 6.04 Å². The van der Waals surface area contributed by atoms with Crippen LogP contribution in [0.15, 0.2) is 23.0 Å². The predicted molar refractivity (Wildman–Crippen MR) is 97.4 cm³/mol. The quantitative estimate of drug-likeness (QED) is 0.945. The lowest BCUT2D eigenvalue weighted by Gasteiger charge is -2.33. The summed E-state index contributed by atoms with van der Waals surface area (Å²) in [6.07, 6.45) is 3.77. The van der Waals surface area contributed by atoms with Crippen LogP contribution in [0.4, 0.5) is 5.69 Å². The number of nitrogens with zero attached hydrogens (tertiary/aromatic N) is 2. The van der Waals surface area contributed by atoms with Gasteiger partial charge in [-0.15, -0.1) is 0 Å². The second-order valence-electron chi connectivity index (χ2n) is 7.00. The first kappa shape index (κ1) is 16.1. The maximum absolute atomic E-state index is 13.0. The molecule has 4 heteroatoms. The molecule has 1 aliphatic heterocycles. The van der Waals surface area contributed by atoms with Crippen molar-refractivity contribution in [2.24, 2.45) is 0 Å². The SMILES string of the molecule is Cc1[nH]c2ccc(N(C)C)cc2c(=O)c1CN1CCCC[C@H]1C. The fourth-order valence-electron chi connectivity index (χ4n) is 3.50. The minimum atomic E-state index is 0.178. The Hall–Kier alpha value is -1.81. The zero-order chi connectivity index (χ0) is 16.6. The summed E-state index contributed by atoms with van der Waals surface area (Å²) >= 11 is 0. The summed E-state index contributed by atoms with van der Waals surface area (Å²) in [7, 11) is 4.00. The van der Waals surface area contributed by atoms with Gasteiger partial charge < -0.3 is 9.88 Å². The molecule has 23 heavy (non-hydrogen) atoms. The first-order valence-corrected chi connectivity index (χ1v) is 8.54. The highest BCUT2D eigenvalue weighted by molar-refractivity contribution is 5.83. The highest BCUT2D eigenvalue weighted by atomic mass is 16.1. The Morgan fingerprint density at radius 3 is 2.78 bits per heavy atom. The van der Waals surface area contributed by atoms with E-state index < -0.39 is 0 Å². The van der Waals surface area contributed by atoms with Gasteiger partial charge in [0.05, 0.1) is 0 Å². The third kappa shape index (κ3) is 3.13. The van der Waals surface area contributed by atoms with Crippen LogP contribution >= 0.6 is 0 Å². The Kier molecular flexibility index (Phi) is 4.44. The van der Waals surface area contributed by atoms with Crippen LogP contribution in [0.5, 0.6) is 0 Å². The molecule has 3 rings (SSSR count). The molecule has 1 saturated heterocycles. The summed E-state index contributed by atoms with van der Waals surface area (Å²) in [6, 6.07) is 6.61. The van der Waals surface area contributed by atoms with E-state index in [4.69, 9.17) is 0 Å². The van der Waals surface area contributed by atoms with Crippen molar-refractivity contribution in [3.05, 3.63) is 39.7 Å². The van der Waals surface area contributed by atoms with E-state index in [1.54, 1.807) is 0 Å². The number of aromatic nitrogens is 1. The number of likely N-dealkylation sites (tertiary alicyclic amines) is 1. The van der Waals surface area contributed by atoms with E-state index in [9.17, 15) is 4.79 Å². The monoisotopic (exact) mass is 313 g/mol. The molecule has 1 atom stereocenters. The molecule has 0 amide bonds. The van der Waals surface area contributed by atoms with Crippen molar-refractivity contribution in [1.29, 1.82) is 0 Å². The molecule has 2 aromatic rings. The van der Waals surface area contributed by atoms with Gasteiger partial charge in [0, 0.05) is 54.5 Å². The predicted octanol–water partition coefficient (Wildman–Crippen LogP) is 3.28. The van der Waals surface area contributed by atoms with Crippen LogP contribution in [-0.4, -0.2) is 36.6 Å². The van der Waals surface area contributed by atoms with Crippen molar-refractivity contribution in [3.63, 3.8) is 0 Å². The molecular formula is C19H27N3O. The van der Waals surface area contributed by atoms with E-state index in [-0.39, 0.29) is 5.43 Å². The van der Waals surface area contributed by atoms with E-state index in [0.717, 1.165) is 40.9 Å². The van der Waals surface area contributed by atoms with Crippen molar-refractivity contribution in [3.8, 4) is 0 Å². The van der Waals surface area contributed by atoms with Crippen molar-refractivity contribution in [1.82, 2.24) is 9.88 Å². The lowest BCUT2D eigenvalue weighted by atomic mass is 10.0. The molecule has 0 saturated carbocycles. The van der Waals surface area contributed by atoms with Crippen molar-refractivity contribution in [2.75, 3.05) is 25.5 Å². The molecule has 1 N–H and O–H groups in total. The first-order chi connectivity index (χ1) is 11.0. The van der Waals surface area contributed by atoms with Gasteiger partial charge in [0.25, 0.3) is 0 Å². The summed E-state index contributed by atoms with van der Waals surface area (Å²) < 4.78 is 0. The molecule has 1 fully saturated rings. The Balaban J connectivity index is 2.04. The number of rotatable bonds is 3. The zero-order valence-electron chi connectivity index (χ0n) is 14.6. The molecule has 0 radical (unpaired) electrons. The number of anilines is 1. The number of aromatic amines is 1. The van der Waals surface area contributed by atoms with Gasteiger partial charge >= 0.3 is 0 Å². The topological polar surface area (TPSA) is 39.3 Å². The average molecular weight is 313 g/mol. The van der Waals surface area contributed by atoms with Crippen molar-refractivity contribution in [2.45, 2.75) is 45.7 Å². The third-order valence-electron chi connectivity index (χ3n) is 5.11. The number of benzene rings is 1. The Morgan fingerprint density at radius 1 is 1.30 bits per heavy atom. The molecule has 4 nitrogen and oxygen atoms in total. The fraction of sp³-hybridized carbons (Fsp3) is 0.526. The van der Waals surface area contributed by atoms with Gasteiger partial charge in [0.15, 0.2) is 5.43 Å². The minimum absolute atomic E-state index is 0.178. The number of pyridine rings is 1. The van der Waals surface area contributed by atoms with E-state index in [1.807, 2.05) is 44.1 Å². The Bertz CT molecular complexity index is 763. The number of fused-ring (bicyclic) bond motifs is 1. The number of piperidine rings is 1. The standard InChI is InChI=1S/C19H27N3O/c1-13-7-5-6-10-22(13)12-17-14(2)20-18-9-8-15(21(3)4)11-16(18)19(17)23/h8-9,11,13H,5-7,10,12H2,1-4H3,(H,20,23)/t13-/m1/s1. The molecule has 0 unspecified atom stereocenters. The van der Waals surface area contributed by atoms with Gasteiger partial charge in [-0.05, 0) is 51.4 Å². The Labute approximate surface area is 138 Å². The van der Waals surface area contributed by atoms with Gasteiger partial charge in [-0.3, -0.25) is 9.69 Å². The smallest absolute Gasteiger partial charge is 0.194 e. The van der Waals surface area contributed by atoms with Crippen LogP contribution in [-0.2, 0) is 6.54 Å². The lowest BCUT2D eigenvalue weighted by molar-refractivity contribution is 0.152. The van der Waals surface area contributed by atoms with Crippen LogP contribution in [0.3, 0.4) is 0 Å². The van der Waals surface area contributed by atoms with Gasteiger partial charge in [0.1, 0.15) is 0 Å². The molecule has 2 heterocycles. The van der Waals surface area contributed by atoms with Gasteiger partial charge in [-0.1, -0.05) is 6.42 Å². The third-order valence-corrected chi connectivity index (χ3v) is 5.11. The average Bonchev–Trinajstić information content (AvgIpc) is 2.52. The largest absolute Gasteiger partial charge is 0.378 e. The summed E-state index contributed by atoms with van der Waals surface area (Å²) in [4.78, 5) is 20.9. The van der Waals surface area contributed by atoms with E-state index >= 15 is 0 Å². The highest BCUT2D eigenvalue weighted by Gasteiger charge is 2.21. The van der Waals surface area contributed by atoms with E-state index in [1.165, 1.54) is 19.3 Å². The first-order valence-electron chi connectivity index (χ1n) is 8.54. The molecule has 124 valence electrons. The normalized spacial score (nSPS) is 19.2. The van der Waals surface area contributed by atoms with Crippen LogP contribution in [0, 0.1) is 6.92 Å². The number of nitrogens with one attached hydrogen (secondary N) is 1. The maximum atomic E-state index is 13.0. The number of hydrogen-bond donors (Lipinski definition) is 1. The molecule has 1 aromatic heterocycles. The summed E-state index contributed by atoms with van der Waals surface area (Å²) in [5, 5.41) is 0.793. The number of aryl methyl sites for hydroxylation is 1. The van der Waals surface area contributed by atoms with Crippen LogP contribution in [0.2, 0.25) is 0 Å². The Morgan fingerprint density at radius 2 is 2.09 bits per heavy atom. The lowest BCUT2D eigenvalue weighted by Crippen LogP contribution is -2.38. The molecule has 1 aliphatic rings. The highest BCUT2D eigenvalue weighted by Crippen LogP contribution is 2.22. The minimum Gasteiger partial charge on any atom is -0.378 e. The van der Waals surface area contributed by atoms with Gasteiger partial charge in [0.2, 0.25) is 0 Å². The van der Waals surface area contributed by atoms with Crippen molar-refractivity contribution >= 4 is 16.6 Å². The van der Waals surface area contributed by atoms with Gasteiger partial charge in [-0.2, -0.15) is 0 Å². The molecule has 0 spiro atoms. The zero-order valence-corrected chi connectivity index (χ0v) is 14.6. The maximum Gasteiger partial charge on any atom is 0.194 e. The van der Waals surface area contributed by atoms with Crippen LogP contribution in [0.25, 0.3) is 10.9 Å². The molecule has 0 aliphatic carbocycles. The van der Waals surface area contributed by atoms with Gasteiger partial charge in [-0.25, -0.2) is 0 Å². The number of hydrogen-bond acceptors (Lipinski definition) is 3. The summed E-state index contributed by atoms with van der Waals surface area (Å²) in [5.41, 5.74) is 4.08. The molecular weight excluding hydrogens is 286 g/mol. The van der Waals surface area contributed by atoms with Crippen LogP contribution in [0.1, 0.15) is 37.4 Å². The second-order valence-corrected chi connectivity index (χ2v) is 7.00. The van der Waals surface area contributed by atoms with E-state index in [2.05, 4.69) is 16.8 Å². The van der Waals surface area contributed by atoms with Crippen LogP contribution < -0.4 is 10.3 Å². The molecule has 1 aromatic carbocycles. The second kappa shape index (κ2) is 6.36. The summed E-state index contributed by atoms with van der Waals surface area (Å²) in [6.45, 7) is 6.14.